The van der Waals surface area contributed by atoms with Crippen LogP contribution in [0.3, 0.4) is 0 Å². The SMILES string of the molecule is Cc1ccc(-n2cnnc2SCC(=O)Nc2ccc(C)c(NS(C)(=O)=O)c2)cc1Cl. The Morgan fingerprint density at radius 2 is 1.90 bits per heavy atom. The number of hydrogen-bond acceptors (Lipinski definition) is 6. The van der Waals surface area contributed by atoms with Gasteiger partial charge in [-0.05, 0) is 49.2 Å². The predicted octanol–water partition coefficient (Wildman–Crippen LogP) is 3.64. The van der Waals surface area contributed by atoms with Crippen molar-refractivity contribution in [1.82, 2.24) is 14.8 Å². The number of nitrogens with one attached hydrogen (secondary N) is 2. The first-order valence-electron chi connectivity index (χ1n) is 8.80. The second-order valence-electron chi connectivity index (χ2n) is 6.66. The highest BCUT2D eigenvalue weighted by molar-refractivity contribution is 7.99. The first-order valence-corrected chi connectivity index (χ1v) is 12.1. The van der Waals surface area contributed by atoms with Gasteiger partial charge >= 0.3 is 0 Å². The molecule has 8 nitrogen and oxygen atoms in total. The minimum atomic E-state index is -3.42. The van der Waals surface area contributed by atoms with Crippen molar-refractivity contribution in [2.45, 2.75) is 19.0 Å². The number of aryl methyl sites for hydroxylation is 2. The lowest BCUT2D eigenvalue weighted by atomic mass is 10.2. The van der Waals surface area contributed by atoms with E-state index in [0.717, 1.165) is 23.1 Å². The van der Waals surface area contributed by atoms with Crippen molar-refractivity contribution in [2.75, 3.05) is 22.0 Å². The number of aromatic nitrogens is 3. The summed E-state index contributed by atoms with van der Waals surface area (Å²) in [7, 11) is -3.42. The minimum Gasteiger partial charge on any atom is -0.325 e. The van der Waals surface area contributed by atoms with Crippen LogP contribution in [0.15, 0.2) is 47.9 Å². The number of hydrogen-bond donors (Lipinski definition) is 2. The third kappa shape index (κ3) is 5.74. The lowest BCUT2D eigenvalue weighted by molar-refractivity contribution is -0.113. The molecule has 0 fully saturated rings. The molecule has 0 saturated carbocycles. The van der Waals surface area contributed by atoms with Crippen molar-refractivity contribution in [1.29, 1.82) is 0 Å². The zero-order valence-electron chi connectivity index (χ0n) is 16.5. The highest BCUT2D eigenvalue weighted by Gasteiger charge is 2.12. The van der Waals surface area contributed by atoms with Crippen LogP contribution in [0.1, 0.15) is 11.1 Å². The molecule has 0 radical (unpaired) electrons. The van der Waals surface area contributed by atoms with Gasteiger partial charge in [-0.2, -0.15) is 0 Å². The zero-order chi connectivity index (χ0) is 21.9. The molecule has 2 aromatic carbocycles. The van der Waals surface area contributed by atoms with Gasteiger partial charge in [0, 0.05) is 10.7 Å². The van der Waals surface area contributed by atoms with E-state index in [0.29, 0.717) is 21.6 Å². The van der Waals surface area contributed by atoms with Gasteiger partial charge in [0.05, 0.1) is 23.4 Å². The normalized spacial score (nSPS) is 11.3. The molecule has 3 rings (SSSR count). The Balaban J connectivity index is 1.67. The molecule has 158 valence electrons. The summed E-state index contributed by atoms with van der Waals surface area (Å²) in [5.41, 5.74) is 3.42. The highest BCUT2D eigenvalue weighted by Crippen LogP contribution is 2.25. The van der Waals surface area contributed by atoms with Crippen LogP contribution in [0.4, 0.5) is 11.4 Å². The summed E-state index contributed by atoms with van der Waals surface area (Å²) < 4.78 is 27.2. The summed E-state index contributed by atoms with van der Waals surface area (Å²) in [4.78, 5) is 12.4. The molecule has 3 aromatic rings. The van der Waals surface area contributed by atoms with E-state index in [1.54, 1.807) is 36.0 Å². The van der Waals surface area contributed by atoms with Crippen LogP contribution in [-0.2, 0) is 14.8 Å². The molecule has 0 aliphatic carbocycles. The smallest absolute Gasteiger partial charge is 0.234 e. The van der Waals surface area contributed by atoms with Crippen LogP contribution < -0.4 is 10.0 Å². The van der Waals surface area contributed by atoms with Crippen molar-refractivity contribution >= 4 is 50.7 Å². The maximum absolute atomic E-state index is 12.4. The van der Waals surface area contributed by atoms with Gasteiger partial charge in [-0.25, -0.2) is 8.42 Å². The Labute approximate surface area is 184 Å². The van der Waals surface area contributed by atoms with Gasteiger partial charge in [-0.15, -0.1) is 10.2 Å². The monoisotopic (exact) mass is 465 g/mol. The number of anilines is 2. The number of nitrogens with zero attached hydrogens (tertiary/aromatic N) is 3. The number of rotatable bonds is 7. The number of benzene rings is 2. The number of amides is 1. The van der Waals surface area contributed by atoms with Gasteiger partial charge < -0.3 is 5.32 Å². The van der Waals surface area contributed by atoms with Crippen LogP contribution >= 0.6 is 23.4 Å². The summed E-state index contributed by atoms with van der Waals surface area (Å²) in [6.07, 6.45) is 2.63. The third-order valence-electron chi connectivity index (χ3n) is 4.10. The minimum absolute atomic E-state index is 0.0982. The highest BCUT2D eigenvalue weighted by atomic mass is 35.5. The van der Waals surface area contributed by atoms with Crippen molar-refractivity contribution in [3.63, 3.8) is 0 Å². The molecule has 0 bridgehead atoms. The van der Waals surface area contributed by atoms with Crippen molar-refractivity contribution in [3.8, 4) is 5.69 Å². The fourth-order valence-corrected chi connectivity index (χ4v) is 4.09. The molecule has 0 aliphatic heterocycles. The fraction of sp³-hybridized carbons (Fsp3) is 0.211. The number of halogens is 1. The van der Waals surface area contributed by atoms with Gasteiger partial charge in [0.15, 0.2) is 5.16 Å². The van der Waals surface area contributed by atoms with Crippen LogP contribution in [0.5, 0.6) is 0 Å². The largest absolute Gasteiger partial charge is 0.325 e. The maximum atomic E-state index is 12.4. The number of carbonyl (C=O) groups is 1. The molecule has 0 saturated heterocycles. The van der Waals surface area contributed by atoms with Gasteiger partial charge in [0.1, 0.15) is 6.33 Å². The van der Waals surface area contributed by atoms with Gasteiger partial charge in [0.2, 0.25) is 15.9 Å². The van der Waals surface area contributed by atoms with Gasteiger partial charge in [-0.1, -0.05) is 35.5 Å². The molecule has 30 heavy (non-hydrogen) atoms. The first-order chi connectivity index (χ1) is 14.1. The van der Waals surface area contributed by atoms with E-state index in [-0.39, 0.29) is 11.7 Å². The molecule has 1 amide bonds. The summed E-state index contributed by atoms with van der Waals surface area (Å²) in [5.74, 6) is -0.160. The molecule has 1 heterocycles. The van der Waals surface area contributed by atoms with E-state index < -0.39 is 10.0 Å². The lowest BCUT2D eigenvalue weighted by Crippen LogP contribution is -2.15. The lowest BCUT2D eigenvalue weighted by Gasteiger charge is -2.11. The van der Waals surface area contributed by atoms with Gasteiger partial charge in [-0.3, -0.25) is 14.1 Å². The molecule has 11 heteroatoms. The summed E-state index contributed by atoms with van der Waals surface area (Å²) in [6.45, 7) is 3.69. The van der Waals surface area contributed by atoms with E-state index in [1.807, 2.05) is 25.1 Å². The van der Waals surface area contributed by atoms with Crippen molar-refractivity contribution in [3.05, 3.63) is 58.9 Å². The average molecular weight is 466 g/mol. The number of thioether (sulfide) groups is 1. The van der Waals surface area contributed by atoms with E-state index in [9.17, 15) is 13.2 Å². The second kappa shape index (κ2) is 9.07. The Morgan fingerprint density at radius 1 is 1.17 bits per heavy atom. The van der Waals surface area contributed by atoms with Crippen LogP contribution in [0.2, 0.25) is 5.02 Å². The Kier molecular flexibility index (Phi) is 6.69. The molecule has 0 spiro atoms. The molecule has 0 unspecified atom stereocenters. The Bertz CT molecular complexity index is 1190. The predicted molar refractivity (Wildman–Crippen MR) is 120 cm³/mol. The standard InChI is InChI=1S/C19H20ClN5O3S2/c1-12-5-7-15(9-16(12)20)25-11-21-23-19(25)29-10-18(26)22-14-6-4-13(2)17(8-14)24-30(3,27)28/h4-9,11,24H,10H2,1-3H3,(H,22,26). The topological polar surface area (TPSA) is 106 Å². The van der Waals surface area contributed by atoms with Crippen molar-refractivity contribution in [2.24, 2.45) is 0 Å². The first kappa shape index (κ1) is 22.1. The van der Waals surface area contributed by atoms with Crippen LogP contribution in [0, 0.1) is 13.8 Å². The Morgan fingerprint density at radius 3 is 2.60 bits per heavy atom. The zero-order valence-corrected chi connectivity index (χ0v) is 18.9. The quantitative estimate of drug-likeness (QED) is 0.516. The van der Waals surface area contributed by atoms with E-state index >= 15 is 0 Å². The van der Waals surface area contributed by atoms with Gasteiger partial charge in [0.25, 0.3) is 0 Å². The number of sulfonamides is 1. The van der Waals surface area contributed by atoms with E-state index in [4.69, 9.17) is 11.6 Å². The Hall–Kier alpha value is -2.56. The second-order valence-corrected chi connectivity index (χ2v) is 9.76. The summed E-state index contributed by atoms with van der Waals surface area (Å²) >= 11 is 7.42. The van der Waals surface area contributed by atoms with Crippen LogP contribution in [-0.4, -0.2) is 41.1 Å². The molecule has 0 atom stereocenters. The average Bonchev–Trinajstić information content (AvgIpc) is 3.12. The number of carbonyl (C=O) groups excluding carboxylic acids is 1. The maximum Gasteiger partial charge on any atom is 0.234 e. The summed E-state index contributed by atoms with van der Waals surface area (Å²) in [5, 5.41) is 11.9. The molecular weight excluding hydrogens is 446 g/mol. The third-order valence-corrected chi connectivity index (χ3v) is 6.04. The molecular formula is C19H20ClN5O3S2. The fourth-order valence-electron chi connectivity index (χ4n) is 2.57. The van der Waals surface area contributed by atoms with Crippen molar-refractivity contribution < 1.29 is 13.2 Å². The molecule has 1 aromatic heterocycles. The summed E-state index contributed by atoms with van der Waals surface area (Å²) in [6, 6.07) is 10.6. The van der Waals surface area contributed by atoms with E-state index in [2.05, 4.69) is 20.2 Å². The van der Waals surface area contributed by atoms with Crippen LogP contribution in [0.25, 0.3) is 5.69 Å². The molecule has 2 N–H and O–H groups in total. The molecule has 0 aliphatic rings. The van der Waals surface area contributed by atoms with E-state index in [1.165, 1.54) is 11.8 Å².